The maximum atomic E-state index is 12.9. The summed E-state index contributed by atoms with van der Waals surface area (Å²) in [5.74, 6) is 0. The maximum Gasteiger partial charge on any atom is 0.0819 e. The van der Waals surface area contributed by atoms with Crippen molar-refractivity contribution in [3.05, 3.63) is 65.7 Å². The molecule has 0 saturated heterocycles. The van der Waals surface area contributed by atoms with Gasteiger partial charge in [-0.3, -0.25) is 0 Å². The topological polar surface area (TPSA) is 12.0 Å². The number of rotatable bonds is 4. The molecule has 19 heavy (non-hydrogen) atoms. The molecule has 98 valence electrons. The molecular weight excluding hydrogens is 257 g/mol. The van der Waals surface area contributed by atoms with E-state index in [1.54, 1.807) is 6.07 Å². The average molecular weight is 273 g/mol. The van der Waals surface area contributed by atoms with Crippen LogP contribution in [0.25, 0.3) is 5.70 Å². The number of hydrogen-bond donors (Lipinski definition) is 1. The zero-order valence-electron chi connectivity index (χ0n) is 11.0. The number of halogens is 1. The van der Waals surface area contributed by atoms with Gasteiger partial charge in [0.05, 0.1) is 17.0 Å². The minimum atomic E-state index is 0.240. The van der Waals surface area contributed by atoms with Crippen LogP contribution in [0.5, 0.6) is 0 Å². The predicted molar refractivity (Wildman–Crippen MR) is 82.0 cm³/mol. The fourth-order valence-corrected chi connectivity index (χ4v) is 2.37. The lowest BCUT2D eigenvalue weighted by Crippen LogP contribution is -2.00. The highest BCUT2D eigenvalue weighted by Crippen LogP contribution is 2.29. The number of aryl methyl sites for hydroxylation is 2. The summed E-state index contributed by atoms with van der Waals surface area (Å²) in [7, 11) is 0. The van der Waals surface area contributed by atoms with E-state index in [-0.39, 0.29) is 12.1 Å². The van der Waals surface area contributed by atoms with Gasteiger partial charge in [0.2, 0.25) is 0 Å². The lowest BCUT2D eigenvalue weighted by atomic mass is 10.1. The molecule has 0 bridgehead atoms. The quantitative estimate of drug-likeness (QED) is 0.804. The summed E-state index contributed by atoms with van der Waals surface area (Å²) in [6.07, 6.45) is 0. The number of anilines is 1. The second kappa shape index (κ2) is 5.93. The third-order valence-electron chi connectivity index (χ3n) is 2.96. The molecule has 0 aliphatic rings. The van der Waals surface area contributed by atoms with Crippen LogP contribution in [-0.4, -0.2) is 0 Å². The first-order valence-corrected chi connectivity index (χ1v) is 6.74. The molecule has 0 spiro atoms. The van der Waals surface area contributed by atoms with Gasteiger partial charge in [0.1, 0.15) is 0 Å². The molecule has 2 aromatic carbocycles. The van der Waals surface area contributed by atoms with Crippen LogP contribution in [0.15, 0.2) is 53.9 Å². The Labute approximate surface area is 117 Å². The molecular formula is C16H16FNS. The monoisotopic (exact) mass is 273 g/mol. The molecule has 0 fully saturated rings. The van der Waals surface area contributed by atoms with Crippen molar-refractivity contribution in [2.45, 2.75) is 18.7 Å². The molecule has 1 nitrogen and oxygen atoms in total. The maximum absolute atomic E-state index is 12.9. The van der Waals surface area contributed by atoms with Gasteiger partial charge >= 0.3 is 0 Å². The fourth-order valence-electron chi connectivity index (χ4n) is 1.97. The van der Waals surface area contributed by atoms with Gasteiger partial charge in [0.15, 0.2) is 0 Å². The summed E-state index contributed by atoms with van der Waals surface area (Å²) in [6.45, 7) is 8.10. The Balaban J connectivity index is 2.26. The standard InChI is InChI=1S/C16H16FNS/c1-11-8-9-15(12(2)10-11)18-13(3)14-6-4-5-7-16(14)19-17/h4-10,18H,3H2,1-2H3. The average Bonchev–Trinajstić information content (AvgIpc) is 2.41. The summed E-state index contributed by atoms with van der Waals surface area (Å²) in [4.78, 5) is 0.574. The van der Waals surface area contributed by atoms with E-state index in [9.17, 15) is 3.89 Å². The zero-order valence-corrected chi connectivity index (χ0v) is 11.9. The zero-order chi connectivity index (χ0) is 13.8. The minimum absolute atomic E-state index is 0.240. The lowest BCUT2D eigenvalue weighted by molar-refractivity contribution is 0.933. The molecule has 0 atom stereocenters. The SMILES string of the molecule is C=C(Nc1ccc(C)cc1C)c1ccccc1SF. The van der Waals surface area contributed by atoms with Crippen molar-refractivity contribution in [3.63, 3.8) is 0 Å². The van der Waals surface area contributed by atoms with E-state index >= 15 is 0 Å². The normalized spacial score (nSPS) is 10.3. The van der Waals surface area contributed by atoms with E-state index in [2.05, 4.69) is 24.9 Å². The third kappa shape index (κ3) is 3.18. The van der Waals surface area contributed by atoms with Gasteiger partial charge in [0.25, 0.3) is 0 Å². The van der Waals surface area contributed by atoms with Crippen molar-refractivity contribution >= 4 is 23.5 Å². The van der Waals surface area contributed by atoms with E-state index in [1.807, 2.05) is 37.3 Å². The first-order valence-electron chi connectivity index (χ1n) is 6.03. The van der Waals surface area contributed by atoms with Gasteiger partial charge in [-0.25, -0.2) is 0 Å². The van der Waals surface area contributed by atoms with Crippen LogP contribution in [0.2, 0.25) is 0 Å². The van der Waals surface area contributed by atoms with Gasteiger partial charge in [-0.05, 0) is 31.5 Å². The van der Waals surface area contributed by atoms with Crippen molar-refractivity contribution in [3.8, 4) is 0 Å². The smallest absolute Gasteiger partial charge is 0.0819 e. The predicted octanol–water partition coefficient (Wildman–Crippen LogP) is 5.36. The van der Waals surface area contributed by atoms with Crippen LogP contribution in [0.1, 0.15) is 16.7 Å². The molecule has 0 aliphatic heterocycles. The molecule has 2 rings (SSSR count). The molecule has 0 aromatic heterocycles. The third-order valence-corrected chi connectivity index (χ3v) is 3.49. The lowest BCUT2D eigenvalue weighted by Gasteiger charge is -2.14. The molecule has 0 aliphatic carbocycles. The van der Waals surface area contributed by atoms with Gasteiger partial charge in [-0.2, -0.15) is 3.89 Å². The molecule has 0 amide bonds. The summed E-state index contributed by atoms with van der Waals surface area (Å²) in [5.41, 5.74) is 4.84. The molecule has 2 aromatic rings. The van der Waals surface area contributed by atoms with Crippen LogP contribution in [0.3, 0.4) is 0 Å². The summed E-state index contributed by atoms with van der Waals surface area (Å²) in [6, 6.07) is 13.5. The second-order valence-corrected chi connectivity index (χ2v) is 5.09. The highest BCUT2D eigenvalue weighted by molar-refractivity contribution is 7.94. The first-order chi connectivity index (χ1) is 9.11. The van der Waals surface area contributed by atoms with E-state index in [0.717, 1.165) is 16.8 Å². The van der Waals surface area contributed by atoms with E-state index in [1.165, 1.54) is 5.56 Å². The van der Waals surface area contributed by atoms with Gasteiger partial charge in [0, 0.05) is 16.9 Å². The number of nitrogens with one attached hydrogen (secondary N) is 1. The first kappa shape index (κ1) is 13.7. The van der Waals surface area contributed by atoms with Crippen LogP contribution in [0, 0.1) is 13.8 Å². The van der Waals surface area contributed by atoms with Crippen LogP contribution >= 0.6 is 12.1 Å². The highest BCUT2D eigenvalue weighted by Gasteiger charge is 2.07. The van der Waals surface area contributed by atoms with Crippen LogP contribution in [0.4, 0.5) is 9.57 Å². The summed E-state index contributed by atoms with van der Waals surface area (Å²) < 4.78 is 12.9. The Kier molecular flexibility index (Phi) is 4.27. The Morgan fingerprint density at radius 3 is 2.58 bits per heavy atom. The van der Waals surface area contributed by atoms with Crippen LogP contribution < -0.4 is 5.32 Å². The van der Waals surface area contributed by atoms with E-state index in [4.69, 9.17) is 0 Å². The van der Waals surface area contributed by atoms with E-state index in [0.29, 0.717) is 10.6 Å². The largest absolute Gasteiger partial charge is 0.355 e. The van der Waals surface area contributed by atoms with Crippen molar-refractivity contribution in [2.75, 3.05) is 5.32 Å². The van der Waals surface area contributed by atoms with Crippen molar-refractivity contribution in [1.82, 2.24) is 0 Å². The Hall–Kier alpha value is -1.74. The number of hydrogen-bond acceptors (Lipinski definition) is 2. The molecule has 0 heterocycles. The Bertz CT molecular complexity index is 607. The highest BCUT2D eigenvalue weighted by atomic mass is 32.2. The molecule has 0 saturated carbocycles. The molecule has 0 unspecified atom stereocenters. The van der Waals surface area contributed by atoms with Gasteiger partial charge in [-0.1, -0.05) is 42.5 Å². The number of benzene rings is 2. The van der Waals surface area contributed by atoms with Crippen molar-refractivity contribution in [1.29, 1.82) is 0 Å². The molecule has 0 radical (unpaired) electrons. The summed E-state index contributed by atoms with van der Waals surface area (Å²) in [5, 5.41) is 3.25. The Morgan fingerprint density at radius 2 is 1.89 bits per heavy atom. The minimum Gasteiger partial charge on any atom is -0.355 e. The molecule has 3 heteroatoms. The van der Waals surface area contributed by atoms with Crippen LogP contribution in [-0.2, 0) is 0 Å². The fraction of sp³-hybridized carbons (Fsp3) is 0.125. The van der Waals surface area contributed by atoms with E-state index < -0.39 is 0 Å². The van der Waals surface area contributed by atoms with Gasteiger partial charge in [-0.15, -0.1) is 0 Å². The summed E-state index contributed by atoms with van der Waals surface area (Å²) >= 11 is 0.240. The molecule has 1 N–H and O–H groups in total. The van der Waals surface area contributed by atoms with Crippen molar-refractivity contribution < 1.29 is 3.89 Å². The van der Waals surface area contributed by atoms with Gasteiger partial charge < -0.3 is 5.32 Å². The Morgan fingerprint density at radius 1 is 1.16 bits per heavy atom. The second-order valence-electron chi connectivity index (χ2n) is 4.50. The van der Waals surface area contributed by atoms with Crippen molar-refractivity contribution in [2.24, 2.45) is 0 Å².